The smallest absolute Gasteiger partial charge is 0.275 e. The summed E-state index contributed by atoms with van der Waals surface area (Å²) in [5, 5.41) is 7.66. The first-order chi connectivity index (χ1) is 11.7. The molecule has 1 amide bonds. The van der Waals surface area contributed by atoms with Gasteiger partial charge in [0.1, 0.15) is 0 Å². The number of rotatable bonds is 3. The van der Waals surface area contributed by atoms with Gasteiger partial charge < -0.3 is 10.2 Å². The fourth-order valence-corrected chi connectivity index (χ4v) is 3.63. The second-order valence-corrected chi connectivity index (χ2v) is 6.47. The Morgan fingerprint density at radius 1 is 1.29 bits per heavy atom. The summed E-state index contributed by atoms with van der Waals surface area (Å²) >= 11 is 1.24. The number of carbonyl (C=O) groups is 1. The molecule has 24 heavy (non-hydrogen) atoms. The van der Waals surface area contributed by atoms with E-state index < -0.39 is 0 Å². The molecule has 7 nitrogen and oxygen atoms in total. The highest BCUT2D eigenvalue weighted by Gasteiger charge is 2.22. The van der Waals surface area contributed by atoms with Crippen LogP contribution >= 0.6 is 11.3 Å². The highest BCUT2D eigenvalue weighted by Crippen LogP contribution is 2.26. The van der Waals surface area contributed by atoms with Crippen LogP contribution in [0.4, 0.5) is 10.8 Å². The normalized spacial score (nSPS) is 13.8. The van der Waals surface area contributed by atoms with Crippen LogP contribution in [0, 0.1) is 0 Å². The first kappa shape index (κ1) is 14.8. The van der Waals surface area contributed by atoms with E-state index in [4.69, 9.17) is 0 Å². The second kappa shape index (κ2) is 6.04. The van der Waals surface area contributed by atoms with Crippen molar-refractivity contribution in [3.8, 4) is 0 Å². The minimum Gasteiger partial charge on any atom is -0.351 e. The molecule has 0 radical (unpaired) electrons. The van der Waals surface area contributed by atoms with Gasteiger partial charge in [-0.2, -0.15) is 4.52 Å². The van der Waals surface area contributed by atoms with Gasteiger partial charge in [0.25, 0.3) is 5.56 Å². The summed E-state index contributed by atoms with van der Waals surface area (Å²) in [5.41, 5.74) is 1.95. The zero-order chi connectivity index (χ0) is 16.5. The van der Waals surface area contributed by atoms with E-state index in [0.29, 0.717) is 10.1 Å². The van der Waals surface area contributed by atoms with E-state index in [2.05, 4.69) is 21.5 Å². The Balaban J connectivity index is 1.50. The fourth-order valence-electron chi connectivity index (χ4n) is 2.85. The molecule has 1 aromatic carbocycles. The summed E-state index contributed by atoms with van der Waals surface area (Å²) in [6.45, 7) is 0.849. The lowest BCUT2D eigenvalue weighted by Gasteiger charge is -2.29. The van der Waals surface area contributed by atoms with Crippen molar-refractivity contribution in [2.45, 2.75) is 12.8 Å². The van der Waals surface area contributed by atoms with Gasteiger partial charge in [0.05, 0.1) is 6.54 Å². The number of hydrogen-bond donors (Lipinski definition) is 1. The topological polar surface area (TPSA) is 79.6 Å². The van der Waals surface area contributed by atoms with E-state index in [-0.39, 0.29) is 18.0 Å². The molecule has 0 bridgehead atoms. The molecule has 1 aliphatic rings. The molecule has 0 atom stereocenters. The van der Waals surface area contributed by atoms with Crippen LogP contribution in [0.3, 0.4) is 0 Å². The van der Waals surface area contributed by atoms with E-state index in [0.717, 1.165) is 25.1 Å². The third kappa shape index (κ3) is 2.65. The van der Waals surface area contributed by atoms with Crippen LogP contribution in [-0.4, -0.2) is 33.6 Å². The maximum atomic E-state index is 12.6. The van der Waals surface area contributed by atoms with Gasteiger partial charge >= 0.3 is 0 Å². The van der Waals surface area contributed by atoms with Crippen molar-refractivity contribution in [3.05, 3.63) is 52.4 Å². The number of carbonyl (C=O) groups excluding carboxylic acids is 1. The van der Waals surface area contributed by atoms with Crippen molar-refractivity contribution < 1.29 is 4.79 Å². The Bertz CT molecular complexity index is 964. The van der Waals surface area contributed by atoms with Gasteiger partial charge in [-0.3, -0.25) is 9.59 Å². The predicted molar refractivity (Wildman–Crippen MR) is 92.7 cm³/mol. The number of aryl methyl sites for hydroxylation is 1. The number of aromatic nitrogens is 3. The van der Waals surface area contributed by atoms with Gasteiger partial charge in [-0.15, -0.1) is 5.10 Å². The molecule has 4 rings (SSSR count). The summed E-state index contributed by atoms with van der Waals surface area (Å²) in [6, 6.07) is 9.34. The van der Waals surface area contributed by atoms with Crippen LogP contribution in [0.2, 0.25) is 0 Å². The minimum absolute atomic E-state index is 0.0123. The van der Waals surface area contributed by atoms with Gasteiger partial charge in [0.2, 0.25) is 16.0 Å². The Morgan fingerprint density at radius 2 is 2.17 bits per heavy atom. The molecule has 8 heteroatoms. The van der Waals surface area contributed by atoms with Crippen LogP contribution in [0.25, 0.3) is 4.96 Å². The van der Waals surface area contributed by atoms with E-state index in [1.54, 1.807) is 0 Å². The molecule has 0 fully saturated rings. The third-order valence-electron chi connectivity index (χ3n) is 3.97. The molecule has 3 aromatic rings. The lowest BCUT2D eigenvalue weighted by molar-refractivity contribution is -0.117. The van der Waals surface area contributed by atoms with E-state index in [9.17, 15) is 9.59 Å². The molecular weight excluding hydrogens is 326 g/mol. The van der Waals surface area contributed by atoms with Crippen molar-refractivity contribution in [2.24, 2.45) is 0 Å². The van der Waals surface area contributed by atoms with Crippen molar-refractivity contribution in [1.29, 1.82) is 0 Å². The van der Waals surface area contributed by atoms with E-state index in [1.165, 1.54) is 33.7 Å². The molecular formula is C16H15N5O2S. The van der Waals surface area contributed by atoms with Gasteiger partial charge in [-0.05, 0) is 24.5 Å². The van der Waals surface area contributed by atoms with E-state index in [1.807, 2.05) is 23.1 Å². The molecule has 1 N–H and O–H groups in total. The second-order valence-electron chi connectivity index (χ2n) is 5.52. The number of anilines is 2. The number of nitrogens with one attached hydrogen (secondary N) is 1. The molecule has 2 aromatic heterocycles. The first-order valence-corrected chi connectivity index (χ1v) is 8.51. The Morgan fingerprint density at radius 3 is 3.04 bits per heavy atom. The first-order valence-electron chi connectivity index (χ1n) is 7.69. The van der Waals surface area contributed by atoms with Crippen molar-refractivity contribution in [1.82, 2.24) is 14.6 Å². The summed E-state index contributed by atoms with van der Waals surface area (Å²) in [4.78, 5) is 30.7. The maximum absolute atomic E-state index is 12.6. The average molecular weight is 341 g/mol. The van der Waals surface area contributed by atoms with Crippen molar-refractivity contribution in [3.63, 3.8) is 0 Å². The fraction of sp³-hybridized carbons (Fsp3) is 0.250. The summed E-state index contributed by atoms with van der Waals surface area (Å²) in [6.07, 6.45) is 3.42. The van der Waals surface area contributed by atoms with Gasteiger partial charge in [-0.25, -0.2) is 4.98 Å². The number of benzene rings is 1. The quantitative estimate of drug-likeness (QED) is 0.782. The number of hydrogen-bond acceptors (Lipinski definition) is 6. The SMILES string of the molecule is O=C(CNc1nn2c(=O)ccnc2s1)N1CCCc2ccccc21. The van der Waals surface area contributed by atoms with Crippen molar-refractivity contribution in [2.75, 3.05) is 23.3 Å². The zero-order valence-electron chi connectivity index (χ0n) is 12.8. The number of nitrogens with zero attached hydrogens (tertiary/aromatic N) is 4. The molecule has 0 spiro atoms. The van der Waals surface area contributed by atoms with Crippen LogP contribution in [0.5, 0.6) is 0 Å². The third-order valence-corrected chi connectivity index (χ3v) is 4.85. The highest BCUT2D eigenvalue weighted by molar-refractivity contribution is 7.20. The molecule has 3 heterocycles. The molecule has 122 valence electrons. The molecule has 0 saturated heterocycles. The van der Waals surface area contributed by atoms with Crippen molar-refractivity contribution >= 4 is 33.0 Å². The summed E-state index contributed by atoms with van der Waals surface area (Å²) in [7, 11) is 0. The van der Waals surface area contributed by atoms with Gasteiger partial charge in [0.15, 0.2) is 0 Å². The molecule has 0 unspecified atom stereocenters. The predicted octanol–water partition coefficient (Wildman–Crippen LogP) is 1.54. The number of para-hydroxylation sites is 1. The lowest BCUT2D eigenvalue weighted by atomic mass is 10.0. The standard InChI is InChI=1S/C16H15N5O2S/c22-13-7-8-17-16-21(13)19-15(24-16)18-10-14(23)20-9-3-5-11-4-1-2-6-12(11)20/h1-2,4,6-8H,3,5,9-10H2,(H,18,19). The number of fused-ring (bicyclic) bond motifs is 2. The van der Waals surface area contributed by atoms with Crippen LogP contribution in [0.1, 0.15) is 12.0 Å². The average Bonchev–Trinajstić information content (AvgIpc) is 3.04. The largest absolute Gasteiger partial charge is 0.351 e. The van der Waals surface area contributed by atoms with Gasteiger partial charge in [0, 0.05) is 24.5 Å². The monoisotopic (exact) mass is 341 g/mol. The highest BCUT2D eigenvalue weighted by atomic mass is 32.1. The van der Waals surface area contributed by atoms with Crippen LogP contribution < -0.4 is 15.8 Å². The Hall–Kier alpha value is -2.74. The van der Waals surface area contributed by atoms with E-state index >= 15 is 0 Å². The van der Waals surface area contributed by atoms with Crippen LogP contribution in [0.15, 0.2) is 41.3 Å². The summed E-state index contributed by atoms with van der Waals surface area (Å²) in [5.74, 6) is -0.0123. The zero-order valence-corrected chi connectivity index (χ0v) is 13.6. The lowest BCUT2D eigenvalue weighted by Crippen LogP contribution is -2.39. The minimum atomic E-state index is -0.236. The van der Waals surface area contributed by atoms with Crippen LogP contribution in [-0.2, 0) is 11.2 Å². The maximum Gasteiger partial charge on any atom is 0.275 e. The summed E-state index contributed by atoms with van der Waals surface area (Å²) < 4.78 is 1.23. The molecule has 0 saturated carbocycles. The number of amides is 1. The molecule has 1 aliphatic heterocycles. The Kier molecular flexibility index (Phi) is 3.73. The van der Waals surface area contributed by atoms with Gasteiger partial charge in [-0.1, -0.05) is 29.5 Å². The Labute approximate surface area is 141 Å². The molecule has 0 aliphatic carbocycles.